The number of nitrogens with one attached hydrogen (secondary N) is 2. The van der Waals surface area contributed by atoms with Crippen molar-refractivity contribution in [1.82, 2.24) is 10.6 Å². The monoisotopic (exact) mass is 186 g/mol. The minimum absolute atomic E-state index is 0.0261. The van der Waals surface area contributed by atoms with Crippen LogP contribution in [0.15, 0.2) is 0 Å². The summed E-state index contributed by atoms with van der Waals surface area (Å²) in [6, 6.07) is 0. The lowest BCUT2D eigenvalue weighted by molar-refractivity contribution is -0.124. The van der Waals surface area contributed by atoms with Crippen LogP contribution in [0.3, 0.4) is 0 Å². The van der Waals surface area contributed by atoms with Gasteiger partial charge in [-0.25, -0.2) is 0 Å². The molecule has 1 aliphatic rings. The molecular formula is C9H18N2O2. The van der Waals surface area contributed by atoms with Crippen LogP contribution in [0.2, 0.25) is 0 Å². The summed E-state index contributed by atoms with van der Waals surface area (Å²) in [7, 11) is 0. The van der Waals surface area contributed by atoms with E-state index in [1.165, 1.54) is 0 Å². The molecule has 0 aromatic heterocycles. The fourth-order valence-electron chi connectivity index (χ4n) is 1.22. The molecular weight excluding hydrogens is 168 g/mol. The lowest BCUT2D eigenvalue weighted by atomic mass is 9.98. The molecule has 1 aliphatic heterocycles. The van der Waals surface area contributed by atoms with Crippen molar-refractivity contribution in [3.05, 3.63) is 0 Å². The van der Waals surface area contributed by atoms with Gasteiger partial charge in [-0.1, -0.05) is 0 Å². The molecule has 0 bridgehead atoms. The summed E-state index contributed by atoms with van der Waals surface area (Å²) < 4.78 is 0. The first-order valence-electron chi connectivity index (χ1n) is 4.66. The minimum Gasteiger partial charge on any atom is -0.394 e. The topological polar surface area (TPSA) is 61.4 Å². The van der Waals surface area contributed by atoms with Gasteiger partial charge in [0.1, 0.15) is 0 Å². The molecule has 1 amide bonds. The van der Waals surface area contributed by atoms with Crippen molar-refractivity contribution >= 4 is 5.91 Å². The van der Waals surface area contributed by atoms with Gasteiger partial charge in [-0.15, -0.1) is 0 Å². The Bertz CT molecular complexity index is 188. The molecule has 0 spiro atoms. The molecule has 76 valence electrons. The number of rotatable bonds is 4. The number of aliphatic hydroxyl groups excluding tert-OH is 1. The van der Waals surface area contributed by atoms with Crippen LogP contribution < -0.4 is 10.6 Å². The molecule has 0 unspecified atom stereocenters. The first-order chi connectivity index (χ1) is 6.03. The molecule has 1 saturated heterocycles. The molecule has 4 heteroatoms. The highest BCUT2D eigenvalue weighted by molar-refractivity contribution is 5.77. The third-order valence-corrected chi connectivity index (χ3v) is 2.21. The smallest absolute Gasteiger partial charge is 0.220 e. The van der Waals surface area contributed by atoms with Crippen LogP contribution in [0.4, 0.5) is 0 Å². The number of amides is 1. The molecule has 0 atom stereocenters. The molecule has 3 N–H and O–H groups in total. The van der Waals surface area contributed by atoms with Crippen LogP contribution in [0.25, 0.3) is 0 Å². The van der Waals surface area contributed by atoms with Crippen molar-refractivity contribution in [2.75, 3.05) is 19.7 Å². The zero-order valence-corrected chi connectivity index (χ0v) is 8.26. The van der Waals surface area contributed by atoms with E-state index in [-0.39, 0.29) is 12.5 Å². The largest absolute Gasteiger partial charge is 0.394 e. The summed E-state index contributed by atoms with van der Waals surface area (Å²) in [5.41, 5.74) is -0.492. The highest BCUT2D eigenvalue weighted by Crippen LogP contribution is 2.09. The predicted molar refractivity (Wildman–Crippen MR) is 50.3 cm³/mol. The van der Waals surface area contributed by atoms with Crippen molar-refractivity contribution in [1.29, 1.82) is 0 Å². The van der Waals surface area contributed by atoms with Gasteiger partial charge in [0.2, 0.25) is 5.91 Å². The fraction of sp³-hybridized carbons (Fsp3) is 0.889. The van der Waals surface area contributed by atoms with Crippen molar-refractivity contribution < 1.29 is 9.90 Å². The van der Waals surface area contributed by atoms with Crippen LogP contribution in [-0.4, -0.2) is 36.2 Å². The summed E-state index contributed by atoms with van der Waals surface area (Å²) >= 11 is 0. The Morgan fingerprint density at radius 1 is 1.62 bits per heavy atom. The summed E-state index contributed by atoms with van der Waals surface area (Å²) in [5, 5.41) is 14.8. The van der Waals surface area contributed by atoms with Crippen molar-refractivity contribution in [2.24, 2.45) is 5.92 Å². The van der Waals surface area contributed by atoms with E-state index < -0.39 is 5.54 Å². The van der Waals surface area contributed by atoms with Gasteiger partial charge in [-0.2, -0.15) is 0 Å². The van der Waals surface area contributed by atoms with Crippen LogP contribution in [0.5, 0.6) is 0 Å². The molecule has 0 saturated carbocycles. The minimum atomic E-state index is -0.492. The van der Waals surface area contributed by atoms with E-state index >= 15 is 0 Å². The van der Waals surface area contributed by atoms with Crippen LogP contribution in [-0.2, 0) is 4.79 Å². The predicted octanol–water partition coefficient (Wildman–Crippen LogP) is -0.517. The number of carbonyl (C=O) groups is 1. The average Bonchev–Trinajstić information content (AvgIpc) is 1.96. The second-order valence-electron chi connectivity index (χ2n) is 4.32. The zero-order valence-electron chi connectivity index (χ0n) is 8.26. The molecule has 0 radical (unpaired) electrons. The number of hydrogen-bond acceptors (Lipinski definition) is 3. The lowest BCUT2D eigenvalue weighted by Gasteiger charge is -2.29. The molecule has 13 heavy (non-hydrogen) atoms. The highest BCUT2D eigenvalue weighted by atomic mass is 16.3. The Balaban J connectivity index is 2.23. The summed E-state index contributed by atoms with van der Waals surface area (Å²) in [5.74, 6) is 0.514. The zero-order chi connectivity index (χ0) is 9.90. The Hall–Kier alpha value is -0.610. The second-order valence-corrected chi connectivity index (χ2v) is 4.32. The molecule has 1 rings (SSSR count). The standard InChI is InChI=1S/C9H18N2O2/c1-9(2,6-12)11-8(13)3-7-4-10-5-7/h7,10,12H,3-6H2,1-2H3,(H,11,13). The van der Waals surface area contributed by atoms with E-state index in [0.29, 0.717) is 12.3 Å². The van der Waals surface area contributed by atoms with Gasteiger partial charge in [0.05, 0.1) is 12.1 Å². The summed E-state index contributed by atoms with van der Waals surface area (Å²) in [4.78, 5) is 11.4. The number of carbonyl (C=O) groups excluding carboxylic acids is 1. The van der Waals surface area contributed by atoms with E-state index in [9.17, 15) is 4.79 Å². The Kier molecular flexibility index (Phi) is 3.27. The number of hydrogen-bond donors (Lipinski definition) is 3. The molecule has 1 fully saturated rings. The maximum atomic E-state index is 11.4. The van der Waals surface area contributed by atoms with Crippen LogP contribution in [0, 0.1) is 5.92 Å². The van der Waals surface area contributed by atoms with Gasteiger partial charge in [0, 0.05) is 6.42 Å². The van der Waals surface area contributed by atoms with Crippen LogP contribution in [0.1, 0.15) is 20.3 Å². The molecule has 1 heterocycles. The third kappa shape index (κ3) is 3.32. The van der Waals surface area contributed by atoms with Gasteiger partial charge in [-0.05, 0) is 32.9 Å². The Morgan fingerprint density at radius 3 is 2.62 bits per heavy atom. The van der Waals surface area contributed by atoms with E-state index in [1.54, 1.807) is 0 Å². The Morgan fingerprint density at radius 2 is 2.23 bits per heavy atom. The van der Waals surface area contributed by atoms with E-state index in [2.05, 4.69) is 10.6 Å². The first kappa shape index (κ1) is 10.5. The van der Waals surface area contributed by atoms with Crippen molar-refractivity contribution in [3.8, 4) is 0 Å². The normalized spacial score (nSPS) is 18.1. The maximum Gasteiger partial charge on any atom is 0.220 e. The van der Waals surface area contributed by atoms with Gasteiger partial charge in [0.15, 0.2) is 0 Å². The molecule has 0 aliphatic carbocycles. The van der Waals surface area contributed by atoms with Gasteiger partial charge in [-0.3, -0.25) is 4.79 Å². The average molecular weight is 186 g/mol. The van der Waals surface area contributed by atoms with Crippen molar-refractivity contribution in [3.63, 3.8) is 0 Å². The first-order valence-corrected chi connectivity index (χ1v) is 4.66. The molecule has 4 nitrogen and oxygen atoms in total. The van der Waals surface area contributed by atoms with Gasteiger partial charge < -0.3 is 15.7 Å². The van der Waals surface area contributed by atoms with Crippen molar-refractivity contribution in [2.45, 2.75) is 25.8 Å². The SMILES string of the molecule is CC(C)(CO)NC(=O)CC1CNC1. The lowest BCUT2D eigenvalue weighted by Crippen LogP contribution is -2.50. The van der Waals surface area contributed by atoms with Gasteiger partial charge >= 0.3 is 0 Å². The maximum absolute atomic E-state index is 11.4. The molecule has 0 aromatic carbocycles. The fourth-order valence-corrected chi connectivity index (χ4v) is 1.22. The van der Waals surface area contributed by atoms with Gasteiger partial charge in [0.25, 0.3) is 0 Å². The summed E-state index contributed by atoms with van der Waals surface area (Å²) in [6.45, 7) is 5.47. The number of aliphatic hydroxyl groups is 1. The molecule has 0 aromatic rings. The highest BCUT2D eigenvalue weighted by Gasteiger charge is 2.24. The van der Waals surface area contributed by atoms with Crippen LogP contribution >= 0.6 is 0 Å². The van der Waals surface area contributed by atoms with E-state index in [1.807, 2.05) is 13.8 Å². The third-order valence-electron chi connectivity index (χ3n) is 2.21. The quantitative estimate of drug-likeness (QED) is 0.554. The Labute approximate surface area is 78.7 Å². The summed E-state index contributed by atoms with van der Waals surface area (Å²) in [6.07, 6.45) is 0.566. The van der Waals surface area contributed by atoms with E-state index in [0.717, 1.165) is 13.1 Å². The second kappa shape index (κ2) is 4.07. The van der Waals surface area contributed by atoms with E-state index in [4.69, 9.17) is 5.11 Å².